The van der Waals surface area contributed by atoms with Crippen molar-refractivity contribution in [2.45, 2.75) is 19.3 Å². The van der Waals surface area contributed by atoms with E-state index in [-0.39, 0.29) is 6.29 Å². The molecule has 1 aliphatic rings. The molecule has 3 rings (SSSR count). The van der Waals surface area contributed by atoms with Crippen LogP contribution in [0.25, 0.3) is 0 Å². The highest BCUT2D eigenvalue weighted by atomic mass is 16.7. The minimum Gasteiger partial charge on any atom is -0.497 e. The van der Waals surface area contributed by atoms with Gasteiger partial charge in [0.05, 0.1) is 34.0 Å². The van der Waals surface area contributed by atoms with Crippen LogP contribution in [0.5, 0.6) is 11.5 Å². The maximum Gasteiger partial charge on any atom is 0.183 e. The van der Waals surface area contributed by atoms with Gasteiger partial charge in [-0.1, -0.05) is 24.3 Å². The number of rotatable bonds is 8. The van der Waals surface area contributed by atoms with Crippen molar-refractivity contribution in [3.63, 3.8) is 0 Å². The fourth-order valence-electron chi connectivity index (χ4n) is 2.83. The first kappa shape index (κ1) is 18.7. The van der Waals surface area contributed by atoms with Crippen molar-refractivity contribution in [2.75, 3.05) is 34.0 Å². The molecule has 1 fully saturated rings. The lowest BCUT2D eigenvalue weighted by Crippen LogP contribution is -2.28. The standard InChI is InChI=1S/C21H26O5/c1-22-19-7-3-16(4-8-19)13-24-12-11-17-14-25-21(26-15-17)18-5-9-20(23-2)10-6-18/h3-10,17,21H,11-15H2,1-2H3. The summed E-state index contributed by atoms with van der Waals surface area (Å²) in [5.74, 6) is 2.05. The zero-order valence-corrected chi connectivity index (χ0v) is 15.4. The minimum atomic E-state index is -0.294. The molecule has 0 unspecified atom stereocenters. The predicted octanol–water partition coefficient (Wildman–Crippen LogP) is 3.97. The first-order valence-corrected chi connectivity index (χ1v) is 8.86. The average Bonchev–Trinajstić information content (AvgIpc) is 2.72. The second kappa shape index (κ2) is 9.57. The van der Waals surface area contributed by atoms with E-state index in [2.05, 4.69) is 0 Å². The molecule has 0 aliphatic carbocycles. The van der Waals surface area contributed by atoms with Crippen LogP contribution in [0.2, 0.25) is 0 Å². The molecule has 140 valence electrons. The van der Waals surface area contributed by atoms with Crippen molar-refractivity contribution in [1.82, 2.24) is 0 Å². The second-order valence-electron chi connectivity index (χ2n) is 6.33. The fourth-order valence-corrected chi connectivity index (χ4v) is 2.83. The van der Waals surface area contributed by atoms with Crippen LogP contribution in [-0.2, 0) is 20.8 Å². The molecule has 0 radical (unpaired) electrons. The molecule has 2 aromatic rings. The Kier molecular flexibility index (Phi) is 6.89. The van der Waals surface area contributed by atoms with Crippen LogP contribution >= 0.6 is 0 Å². The third-order valence-electron chi connectivity index (χ3n) is 4.45. The van der Waals surface area contributed by atoms with E-state index in [1.165, 1.54) is 0 Å². The molecule has 0 spiro atoms. The predicted molar refractivity (Wildman–Crippen MR) is 98.4 cm³/mol. The third kappa shape index (κ3) is 5.21. The van der Waals surface area contributed by atoms with Crippen molar-refractivity contribution in [3.8, 4) is 11.5 Å². The summed E-state index contributed by atoms with van der Waals surface area (Å²) in [6, 6.07) is 15.7. The van der Waals surface area contributed by atoms with E-state index in [9.17, 15) is 0 Å². The molecule has 0 atom stereocenters. The van der Waals surface area contributed by atoms with Crippen LogP contribution < -0.4 is 9.47 Å². The first-order chi connectivity index (χ1) is 12.8. The highest BCUT2D eigenvalue weighted by Crippen LogP contribution is 2.27. The molecule has 0 N–H and O–H groups in total. The van der Waals surface area contributed by atoms with Crippen molar-refractivity contribution in [1.29, 1.82) is 0 Å². The van der Waals surface area contributed by atoms with Crippen LogP contribution in [-0.4, -0.2) is 34.0 Å². The third-order valence-corrected chi connectivity index (χ3v) is 4.45. The highest BCUT2D eigenvalue weighted by Gasteiger charge is 2.23. The van der Waals surface area contributed by atoms with E-state index in [0.717, 1.165) is 29.0 Å². The Morgan fingerprint density at radius 2 is 1.42 bits per heavy atom. The molecule has 1 aliphatic heterocycles. The monoisotopic (exact) mass is 358 g/mol. The van der Waals surface area contributed by atoms with Crippen LogP contribution in [0.3, 0.4) is 0 Å². The zero-order valence-electron chi connectivity index (χ0n) is 15.4. The number of hydrogen-bond donors (Lipinski definition) is 0. The van der Waals surface area contributed by atoms with Crippen LogP contribution in [0, 0.1) is 5.92 Å². The smallest absolute Gasteiger partial charge is 0.183 e. The van der Waals surface area contributed by atoms with Crippen molar-refractivity contribution >= 4 is 0 Å². The Bertz CT molecular complexity index is 645. The second-order valence-corrected chi connectivity index (χ2v) is 6.33. The van der Waals surface area contributed by atoms with Gasteiger partial charge in [-0.05, 0) is 36.2 Å². The molecule has 1 saturated heterocycles. The van der Waals surface area contributed by atoms with Gasteiger partial charge in [0.1, 0.15) is 11.5 Å². The lowest BCUT2D eigenvalue weighted by molar-refractivity contribution is -0.207. The van der Waals surface area contributed by atoms with Crippen LogP contribution in [0.1, 0.15) is 23.8 Å². The van der Waals surface area contributed by atoms with Gasteiger partial charge >= 0.3 is 0 Å². The van der Waals surface area contributed by atoms with Gasteiger partial charge in [-0.15, -0.1) is 0 Å². The van der Waals surface area contributed by atoms with Gasteiger partial charge in [-0.2, -0.15) is 0 Å². The average molecular weight is 358 g/mol. The lowest BCUT2D eigenvalue weighted by Gasteiger charge is -2.29. The topological polar surface area (TPSA) is 46.2 Å². The fraction of sp³-hybridized carbons (Fsp3) is 0.429. The maximum atomic E-state index is 5.86. The van der Waals surface area contributed by atoms with Gasteiger partial charge in [0, 0.05) is 18.1 Å². The minimum absolute atomic E-state index is 0.294. The Labute approximate surface area is 154 Å². The molecule has 0 amide bonds. The normalized spacial score (nSPS) is 19.9. The first-order valence-electron chi connectivity index (χ1n) is 8.86. The van der Waals surface area contributed by atoms with Crippen LogP contribution in [0.4, 0.5) is 0 Å². The summed E-state index contributed by atoms with van der Waals surface area (Å²) in [7, 11) is 3.32. The molecule has 0 saturated carbocycles. The van der Waals surface area contributed by atoms with Gasteiger partial charge in [0.15, 0.2) is 6.29 Å². The van der Waals surface area contributed by atoms with E-state index < -0.39 is 0 Å². The molecular formula is C21H26O5. The van der Waals surface area contributed by atoms with Crippen LogP contribution in [0.15, 0.2) is 48.5 Å². The largest absolute Gasteiger partial charge is 0.497 e. The van der Waals surface area contributed by atoms with Gasteiger partial charge in [-0.3, -0.25) is 0 Å². The summed E-state index contributed by atoms with van der Waals surface area (Å²) >= 11 is 0. The molecule has 26 heavy (non-hydrogen) atoms. The maximum absolute atomic E-state index is 5.86. The molecular weight excluding hydrogens is 332 g/mol. The molecule has 2 aromatic carbocycles. The number of hydrogen-bond acceptors (Lipinski definition) is 5. The lowest BCUT2D eigenvalue weighted by atomic mass is 10.1. The summed E-state index contributed by atoms with van der Waals surface area (Å²) < 4.78 is 27.8. The Balaban J connectivity index is 1.34. The van der Waals surface area contributed by atoms with E-state index in [1.54, 1.807) is 14.2 Å². The number of benzene rings is 2. The van der Waals surface area contributed by atoms with Crippen molar-refractivity contribution in [2.24, 2.45) is 5.92 Å². The van der Waals surface area contributed by atoms with E-state index in [4.69, 9.17) is 23.7 Å². The molecule has 5 heteroatoms. The van der Waals surface area contributed by atoms with Crippen molar-refractivity contribution in [3.05, 3.63) is 59.7 Å². The highest BCUT2D eigenvalue weighted by molar-refractivity contribution is 5.28. The summed E-state index contributed by atoms with van der Waals surface area (Å²) in [6.07, 6.45) is 0.628. The molecule has 0 aromatic heterocycles. The number of ether oxygens (including phenoxy) is 5. The van der Waals surface area contributed by atoms with Crippen molar-refractivity contribution < 1.29 is 23.7 Å². The Morgan fingerprint density at radius 1 is 0.846 bits per heavy atom. The van der Waals surface area contributed by atoms with Gasteiger partial charge < -0.3 is 23.7 Å². The Morgan fingerprint density at radius 3 is 2.00 bits per heavy atom. The van der Waals surface area contributed by atoms with Gasteiger partial charge in [0.2, 0.25) is 0 Å². The molecule has 5 nitrogen and oxygen atoms in total. The summed E-state index contributed by atoms with van der Waals surface area (Å²) in [5, 5.41) is 0. The summed E-state index contributed by atoms with van der Waals surface area (Å²) in [5.41, 5.74) is 2.15. The zero-order chi connectivity index (χ0) is 18.2. The van der Waals surface area contributed by atoms with E-state index >= 15 is 0 Å². The molecule has 0 bridgehead atoms. The number of methoxy groups -OCH3 is 2. The SMILES string of the molecule is COc1ccc(COCCC2COC(c3ccc(OC)cc3)OC2)cc1. The quantitative estimate of drug-likeness (QED) is 0.668. The Hall–Kier alpha value is -2.08. The molecule has 1 heterocycles. The van der Waals surface area contributed by atoms with E-state index in [1.807, 2.05) is 48.5 Å². The van der Waals surface area contributed by atoms with Gasteiger partial charge in [0.25, 0.3) is 0 Å². The van der Waals surface area contributed by atoms with E-state index in [0.29, 0.717) is 32.3 Å². The summed E-state index contributed by atoms with van der Waals surface area (Å²) in [6.45, 7) is 2.66. The summed E-state index contributed by atoms with van der Waals surface area (Å²) in [4.78, 5) is 0. The van der Waals surface area contributed by atoms with Gasteiger partial charge in [-0.25, -0.2) is 0 Å².